The zero-order chi connectivity index (χ0) is 15.7. The molecule has 3 rings (SSSR count). The summed E-state index contributed by atoms with van der Waals surface area (Å²) in [6, 6.07) is 5.10. The number of carboxylic acids is 1. The molecule has 3 heterocycles. The number of carboxylic acid groups (broad SMARTS) is 1. The minimum absolute atomic E-state index is 0.0972. The molecule has 1 unspecified atom stereocenters. The number of carbonyl (C=O) groups excluding carboxylic acids is 1. The van der Waals surface area contributed by atoms with Crippen LogP contribution in [-0.2, 0) is 0 Å². The number of pyridine rings is 1. The van der Waals surface area contributed by atoms with Crippen molar-refractivity contribution in [2.24, 2.45) is 0 Å². The van der Waals surface area contributed by atoms with Crippen LogP contribution in [0.5, 0.6) is 0 Å². The van der Waals surface area contributed by atoms with E-state index in [0.717, 1.165) is 18.4 Å². The summed E-state index contributed by atoms with van der Waals surface area (Å²) < 4.78 is 0. The van der Waals surface area contributed by atoms with E-state index in [1.165, 1.54) is 12.1 Å². The van der Waals surface area contributed by atoms with E-state index in [1.807, 2.05) is 16.3 Å². The summed E-state index contributed by atoms with van der Waals surface area (Å²) in [6.45, 7) is 2.32. The number of carbonyl (C=O) groups is 2. The van der Waals surface area contributed by atoms with E-state index < -0.39 is 5.97 Å². The Balaban J connectivity index is 1.87. The molecule has 2 aromatic rings. The van der Waals surface area contributed by atoms with Gasteiger partial charge in [0.2, 0.25) is 0 Å². The summed E-state index contributed by atoms with van der Waals surface area (Å²) in [7, 11) is 0. The number of aromatic carboxylic acids is 1. The van der Waals surface area contributed by atoms with Gasteiger partial charge in [0.05, 0.1) is 17.3 Å². The molecule has 0 aliphatic carbocycles. The number of rotatable bonds is 3. The van der Waals surface area contributed by atoms with Gasteiger partial charge in [0.1, 0.15) is 5.69 Å². The summed E-state index contributed by atoms with van der Waals surface area (Å²) in [5.41, 5.74) is 1.97. The molecule has 1 atom stereocenters. The maximum atomic E-state index is 12.7. The molecule has 1 saturated heterocycles. The molecule has 1 amide bonds. The van der Waals surface area contributed by atoms with E-state index >= 15 is 0 Å². The van der Waals surface area contributed by atoms with Crippen LogP contribution in [0.3, 0.4) is 0 Å². The van der Waals surface area contributed by atoms with Gasteiger partial charge in [0.25, 0.3) is 5.91 Å². The molecular weight excluding hydrogens is 300 g/mol. The molecule has 22 heavy (non-hydrogen) atoms. The molecule has 0 aromatic carbocycles. The second-order valence-electron chi connectivity index (χ2n) is 5.35. The predicted molar refractivity (Wildman–Crippen MR) is 83.3 cm³/mol. The van der Waals surface area contributed by atoms with E-state index in [1.54, 1.807) is 18.3 Å². The first-order valence-corrected chi connectivity index (χ1v) is 8.06. The highest BCUT2D eigenvalue weighted by Crippen LogP contribution is 2.34. The van der Waals surface area contributed by atoms with E-state index in [0.29, 0.717) is 17.9 Å². The van der Waals surface area contributed by atoms with Crippen LogP contribution in [0.4, 0.5) is 0 Å². The smallest absolute Gasteiger partial charge is 0.337 e. The van der Waals surface area contributed by atoms with Gasteiger partial charge < -0.3 is 10.0 Å². The molecule has 1 aliphatic heterocycles. The molecule has 2 aromatic heterocycles. The van der Waals surface area contributed by atoms with Gasteiger partial charge in [-0.2, -0.15) is 11.3 Å². The Hall–Kier alpha value is -2.21. The van der Waals surface area contributed by atoms with Crippen LogP contribution in [0, 0.1) is 6.92 Å². The number of aryl methyl sites for hydroxylation is 1. The molecule has 1 N–H and O–H groups in total. The Morgan fingerprint density at radius 1 is 1.36 bits per heavy atom. The summed E-state index contributed by atoms with van der Waals surface area (Å²) >= 11 is 1.62. The third-order valence-corrected chi connectivity index (χ3v) is 4.68. The highest BCUT2D eigenvalue weighted by Gasteiger charge is 2.31. The van der Waals surface area contributed by atoms with E-state index in [2.05, 4.69) is 10.4 Å². The van der Waals surface area contributed by atoms with Crippen LogP contribution in [-0.4, -0.2) is 33.4 Å². The second kappa shape index (κ2) is 5.88. The Morgan fingerprint density at radius 2 is 2.18 bits per heavy atom. The third-order valence-electron chi connectivity index (χ3n) is 3.98. The number of thiophene rings is 1. The van der Waals surface area contributed by atoms with Crippen molar-refractivity contribution >= 4 is 23.2 Å². The van der Waals surface area contributed by atoms with Crippen LogP contribution in [0.15, 0.2) is 29.0 Å². The lowest BCUT2D eigenvalue weighted by Crippen LogP contribution is -2.31. The largest absolute Gasteiger partial charge is 0.478 e. The molecule has 1 aliphatic rings. The summed E-state index contributed by atoms with van der Waals surface area (Å²) in [5.74, 6) is -1.16. The Kier molecular flexibility index (Phi) is 3.94. The van der Waals surface area contributed by atoms with Crippen molar-refractivity contribution in [1.29, 1.82) is 0 Å². The Labute approximate surface area is 132 Å². The van der Waals surface area contributed by atoms with Crippen LogP contribution in [0.25, 0.3) is 0 Å². The highest BCUT2D eigenvalue weighted by molar-refractivity contribution is 7.08. The van der Waals surface area contributed by atoms with Crippen molar-refractivity contribution in [2.45, 2.75) is 25.8 Å². The quantitative estimate of drug-likeness (QED) is 0.944. The van der Waals surface area contributed by atoms with Gasteiger partial charge in [-0.25, -0.2) is 9.78 Å². The molecular formula is C16H16N2O3S. The number of aromatic nitrogens is 1. The summed E-state index contributed by atoms with van der Waals surface area (Å²) in [5, 5.41) is 13.1. The number of amides is 1. The molecule has 6 heteroatoms. The van der Waals surface area contributed by atoms with Gasteiger partial charge in [0.15, 0.2) is 0 Å². The fourth-order valence-electron chi connectivity index (χ4n) is 2.87. The number of likely N-dealkylation sites (tertiary alicyclic amines) is 1. The minimum Gasteiger partial charge on any atom is -0.478 e. The average Bonchev–Trinajstić information content (AvgIpc) is 3.16. The highest BCUT2D eigenvalue weighted by atomic mass is 32.1. The Bertz CT molecular complexity index is 712. The van der Waals surface area contributed by atoms with Crippen LogP contribution in [0.1, 0.15) is 51.0 Å². The van der Waals surface area contributed by atoms with Gasteiger partial charge >= 0.3 is 5.97 Å². The predicted octanol–water partition coefficient (Wildman–Crippen LogP) is 3.13. The summed E-state index contributed by atoms with van der Waals surface area (Å²) in [4.78, 5) is 29.8. The van der Waals surface area contributed by atoms with E-state index in [9.17, 15) is 9.59 Å². The normalized spacial score (nSPS) is 17.7. The molecule has 0 saturated carbocycles. The van der Waals surface area contributed by atoms with Crippen molar-refractivity contribution in [3.63, 3.8) is 0 Å². The van der Waals surface area contributed by atoms with Gasteiger partial charge in [-0.15, -0.1) is 0 Å². The fourth-order valence-corrected chi connectivity index (χ4v) is 3.58. The average molecular weight is 316 g/mol. The monoisotopic (exact) mass is 316 g/mol. The molecule has 1 fully saturated rings. The molecule has 0 spiro atoms. The van der Waals surface area contributed by atoms with Gasteiger partial charge in [-0.1, -0.05) is 0 Å². The zero-order valence-corrected chi connectivity index (χ0v) is 13.0. The molecule has 5 nitrogen and oxygen atoms in total. The van der Waals surface area contributed by atoms with Gasteiger partial charge in [-0.05, 0) is 54.3 Å². The van der Waals surface area contributed by atoms with Gasteiger partial charge in [-0.3, -0.25) is 4.79 Å². The van der Waals surface area contributed by atoms with Crippen LogP contribution in [0.2, 0.25) is 0 Å². The lowest BCUT2D eigenvalue weighted by atomic mass is 10.1. The third kappa shape index (κ3) is 2.62. The Morgan fingerprint density at radius 3 is 2.82 bits per heavy atom. The van der Waals surface area contributed by atoms with Crippen molar-refractivity contribution in [1.82, 2.24) is 9.88 Å². The first-order chi connectivity index (χ1) is 10.6. The first-order valence-electron chi connectivity index (χ1n) is 7.12. The minimum atomic E-state index is -1.03. The first kappa shape index (κ1) is 14.7. The number of nitrogens with zero attached hydrogens (tertiary/aromatic N) is 2. The number of hydrogen-bond acceptors (Lipinski definition) is 4. The van der Waals surface area contributed by atoms with Crippen molar-refractivity contribution < 1.29 is 14.7 Å². The maximum Gasteiger partial charge on any atom is 0.337 e. The maximum absolute atomic E-state index is 12.7. The molecule has 0 radical (unpaired) electrons. The van der Waals surface area contributed by atoms with Crippen LogP contribution < -0.4 is 0 Å². The summed E-state index contributed by atoms with van der Waals surface area (Å²) in [6.07, 6.45) is 1.92. The molecule has 114 valence electrons. The SMILES string of the molecule is Cc1nc(C(=O)N2CCCC2c2ccsc2)ccc1C(=O)O. The van der Waals surface area contributed by atoms with Crippen molar-refractivity contribution in [3.05, 3.63) is 51.5 Å². The van der Waals surface area contributed by atoms with Crippen molar-refractivity contribution in [2.75, 3.05) is 6.54 Å². The van der Waals surface area contributed by atoms with Gasteiger partial charge in [0, 0.05) is 6.54 Å². The topological polar surface area (TPSA) is 70.5 Å². The van der Waals surface area contributed by atoms with Crippen LogP contribution >= 0.6 is 11.3 Å². The lowest BCUT2D eigenvalue weighted by molar-refractivity contribution is 0.0689. The number of hydrogen-bond donors (Lipinski definition) is 1. The van der Waals surface area contributed by atoms with E-state index in [4.69, 9.17) is 5.11 Å². The molecule has 0 bridgehead atoms. The standard InChI is InChI=1S/C16H16N2O3S/c1-10-12(16(20)21)4-5-13(17-10)15(19)18-7-2-3-14(18)11-6-8-22-9-11/h4-6,8-9,14H,2-3,7H2,1H3,(H,20,21). The lowest BCUT2D eigenvalue weighted by Gasteiger charge is -2.24. The zero-order valence-electron chi connectivity index (χ0n) is 12.2. The van der Waals surface area contributed by atoms with E-state index in [-0.39, 0.29) is 17.5 Å². The van der Waals surface area contributed by atoms with Crippen molar-refractivity contribution in [3.8, 4) is 0 Å². The second-order valence-corrected chi connectivity index (χ2v) is 6.13. The fraction of sp³-hybridized carbons (Fsp3) is 0.312.